The summed E-state index contributed by atoms with van der Waals surface area (Å²) < 4.78 is 17.8. The highest BCUT2D eigenvalue weighted by Crippen LogP contribution is 2.28. The molecule has 1 saturated heterocycles. The van der Waals surface area contributed by atoms with Crippen LogP contribution in [0.1, 0.15) is 23.0 Å². The Morgan fingerprint density at radius 3 is 2.72 bits per heavy atom. The molecule has 0 radical (unpaired) electrons. The fraction of sp³-hybridized carbons (Fsp3) is 0.364. The number of anilines is 2. The predicted octanol–water partition coefficient (Wildman–Crippen LogP) is 2.55. The Hall–Kier alpha value is -3.53. The minimum absolute atomic E-state index is 0.225. The van der Waals surface area contributed by atoms with Gasteiger partial charge in [-0.2, -0.15) is 5.10 Å². The zero-order valence-electron chi connectivity index (χ0n) is 18.3. The van der Waals surface area contributed by atoms with E-state index >= 15 is 0 Å². The number of rotatable bonds is 4. The largest absolute Gasteiger partial charge is 0.353 e. The van der Waals surface area contributed by atoms with E-state index in [9.17, 15) is 9.18 Å². The molecular weight excluding hydrogens is 411 g/mol. The fourth-order valence-electron chi connectivity index (χ4n) is 4.08. The third kappa shape index (κ3) is 3.56. The summed E-state index contributed by atoms with van der Waals surface area (Å²) in [5, 5.41) is 8.26. The Morgan fingerprint density at radius 1 is 1.19 bits per heavy atom. The molecule has 0 spiro atoms. The maximum Gasteiger partial charge on any atom is 0.259 e. The number of hydrogen-bond acceptors (Lipinski definition) is 6. The Labute approximate surface area is 184 Å². The second kappa shape index (κ2) is 7.86. The maximum atomic E-state index is 14.4. The molecule has 1 N–H and O–H groups in total. The van der Waals surface area contributed by atoms with Gasteiger partial charge in [0.15, 0.2) is 11.5 Å². The molecule has 0 atom stereocenters. The van der Waals surface area contributed by atoms with Gasteiger partial charge in [-0.05, 0) is 20.9 Å². The van der Waals surface area contributed by atoms with Crippen molar-refractivity contribution in [1.82, 2.24) is 29.0 Å². The molecule has 10 heteroatoms. The number of nitrogens with one attached hydrogen (secondary N) is 1. The van der Waals surface area contributed by atoms with E-state index in [2.05, 4.69) is 37.2 Å². The number of carbonyl (C=O) groups excluding carboxylic acids is 1. The molecule has 5 rings (SSSR count). The highest BCUT2D eigenvalue weighted by Gasteiger charge is 2.23. The summed E-state index contributed by atoms with van der Waals surface area (Å²) in [6.45, 7) is 8.11. The van der Waals surface area contributed by atoms with Crippen LogP contribution in [-0.4, -0.2) is 68.2 Å². The van der Waals surface area contributed by atoms with Gasteiger partial charge in [0.2, 0.25) is 0 Å². The molecule has 0 saturated carbocycles. The van der Waals surface area contributed by atoms with Crippen LogP contribution in [0.3, 0.4) is 0 Å². The number of imidazole rings is 1. The number of nitrogens with zero attached hydrogens (tertiary/aromatic N) is 7. The van der Waals surface area contributed by atoms with Crippen molar-refractivity contribution in [2.45, 2.75) is 20.4 Å². The van der Waals surface area contributed by atoms with Crippen molar-refractivity contribution >= 4 is 34.0 Å². The molecule has 0 aromatic carbocycles. The normalized spacial score (nSPS) is 15.1. The second-order valence-electron chi connectivity index (χ2n) is 8.18. The molecule has 1 aliphatic heterocycles. The Kier molecular flexibility index (Phi) is 5.01. The number of fused-ring (bicyclic) bond motifs is 2. The predicted molar refractivity (Wildman–Crippen MR) is 121 cm³/mol. The van der Waals surface area contributed by atoms with Crippen molar-refractivity contribution in [3.05, 3.63) is 47.9 Å². The number of hydrogen-bond donors (Lipinski definition) is 1. The standard InChI is InChI=1S/C22H25FN8O/c1-4-31-13-17-19(27-31)16(10-24-20(17)29-7-5-28(3)6-8-29)22(32)26-15-9-18(23)21-25-14(2)11-30(21)12-15/h9-13H,4-8H2,1-3H3,(H,26,32). The van der Waals surface area contributed by atoms with Crippen LogP contribution in [0.4, 0.5) is 15.9 Å². The van der Waals surface area contributed by atoms with Crippen molar-refractivity contribution in [2.75, 3.05) is 43.4 Å². The molecular formula is C22H25FN8O. The van der Waals surface area contributed by atoms with Crippen LogP contribution < -0.4 is 10.2 Å². The van der Waals surface area contributed by atoms with Gasteiger partial charge in [-0.3, -0.25) is 9.48 Å². The van der Waals surface area contributed by atoms with Crippen molar-refractivity contribution in [3.8, 4) is 0 Å². The Morgan fingerprint density at radius 2 is 1.97 bits per heavy atom. The van der Waals surface area contributed by atoms with Crippen LogP contribution in [-0.2, 0) is 6.54 Å². The lowest BCUT2D eigenvalue weighted by atomic mass is 10.1. The molecule has 1 fully saturated rings. The third-order valence-corrected chi connectivity index (χ3v) is 5.83. The van der Waals surface area contributed by atoms with E-state index < -0.39 is 5.82 Å². The molecule has 0 bridgehead atoms. The topological polar surface area (TPSA) is 83.6 Å². The summed E-state index contributed by atoms with van der Waals surface area (Å²) in [6.07, 6.45) is 6.85. The van der Waals surface area contributed by atoms with E-state index in [1.165, 1.54) is 6.07 Å². The molecule has 4 aromatic heterocycles. The van der Waals surface area contributed by atoms with Gasteiger partial charge in [-0.1, -0.05) is 0 Å². The van der Waals surface area contributed by atoms with Crippen molar-refractivity contribution in [3.63, 3.8) is 0 Å². The molecule has 9 nitrogen and oxygen atoms in total. The van der Waals surface area contributed by atoms with E-state index in [-0.39, 0.29) is 11.6 Å². The van der Waals surface area contributed by atoms with Gasteiger partial charge in [0.1, 0.15) is 11.3 Å². The second-order valence-corrected chi connectivity index (χ2v) is 8.18. The summed E-state index contributed by atoms with van der Waals surface area (Å²) in [5.74, 6) is -0.0464. The summed E-state index contributed by atoms with van der Waals surface area (Å²) in [5.41, 5.74) is 2.20. The minimum Gasteiger partial charge on any atom is -0.353 e. The highest BCUT2D eigenvalue weighted by atomic mass is 19.1. The third-order valence-electron chi connectivity index (χ3n) is 5.83. The number of pyridine rings is 2. The molecule has 4 aromatic rings. The van der Waals surface area contributed by atoms with Gasteiger partial charge in [0, 0.05) is 63.6 Å². The van der Waals surface area contributed by atoms with E-state index in [1.54, 1.807) is 29.9 Å². The molecule has 32 heavy (non-hydrogen) atoms. The first-order chi connectivity index (χ1) is 15.4. The number of aromatic nitrogens is 5. The van der Waals surface area contributed by atoms with E-state index in [4.69, 9.17) is 0 Å². The molecule has 166 valence electrons. The summed E-state index contributed by atoms with van der Waals surface area (Å²) in [4.78, 5) is 26.4. The number of aryl methyl sites for hydroxylation is 2. The van der Waals surface area contributed by atoms with Crippen LogP contribution in [0.25, 0.3) is 16.6 Å². The maximum absolute atomic E-state index is 14.4. The summed E-state index contributed by atoms with van der Waals surface area (Å²) in [6, 6.07) is 1.27. The number of likely N-dealkylation sites (N-methyl/N-ethyl adjacent to an activating group) is 1. The number of amides is 1. The lowest BCUT2D eigenvalue weighted by Gasteiger charge is -2.33. The van der Waals surface area contributed by atoms with Gasteiger partial charge < -0.3 is 19.5 Å². The van der Waals surface area contributed by atoms with Crippen LogP contribution in [0, 0.1) is 12.7 Å². The van der Waals surface area contributed by atoms with Gasteiger partial charge in [-0.25, -0.2) is 14.4 Å². The first kappa shape index (κ1) is 20.4. The first-order valence-electron chi connectivity index (χ1n) is 10.7. The molecule has 5 heterocycles. The first-order valence-corrected chi connectivity index (χ1v) is 10.7. The van der Waals surface area contributed by atoms with Crippen molar-refractivity contribution in [2.24, 2.45) is 0 Å². The van der Waals surface area contributed by atoms with Gasteiger partial charge in [0.25, 0.3) is 5.91 Å². The zero-order valence-corrected chi connectivity index (χ0v) is 18.3. The lowest BCUT2D eigenvalue weighted by Crippen LogP contribution is -2.44. The summed E-state index contributed by atoms with van der Waals surface area (Å²) >= 11 is 0. The van der Waals surface area contributed by atoms with Gasteiger partial charge in [0.05, 0.1) is 22.3 Å². The Bertz CT molecular complexity index is 1320. The SMILES string of the molecule is CCn1cc2c(N3CCN(C)CC3)ncc(C(=O)Nc3cc(F)c4nc(C)cn4c3)c2n1. The highest BCUT2D eigenvalue weighted by molar-refractivity contribution is 6.13. The zero-order chi connectivity index (χ0) is 22.4. The quantitative estimate of drug-likeness (QED) is 0.529. The van der Waals surface area contributed by atoms with E-state index in [0.29, 0.717) is 29.0 Å². The van der Waals surface area contributed by atoms with Crippen LogP contribution >= 0.6 is 0 Å². The molecule has 1 aliphatic rings. The average Bonchev–Trinajstić information content (AvgIpc) is 3.37. The van der Waals surface area contributed by atoms with Gasteiger partial charge in [-0.15, -0.1) is 0 Å². The molecule has 0 unspecified atom stereocenters. The lowest BCUT2D eigenvalue weighted by molar-refractivity contribution is 0.102. The molecule has 1 amide bonds. The van der Waals surface area contributed by atoms with E-state index in [0.717, 1.165) is 37.4 Å². The summed E-state index contributed by atoms with van der Waals surface area (Å²) in [7, 11) is 2.11. The van der Waals surface area contributed by atoms with Crippen LogP contribution in [0.15, 0.2) is 30.9 Å². The van der Waals surface area contributed by atoms with Crippen LogP contribution in [0.5, 0.6) is 0 Å². The average molecular weight is 436 g/mol. The minimum atomic E-state index is -0.500. The van der Waals surface area contributed by atoms with E-state index in [1.807, 2.05) is 17.8 Å². The smallest absolute Gasteiger partial charge is 0.259 e. The fourth-order valence-corrected chi connectivity index (χ4v) is 4.08. The monoisotopic (exact) mass is 436 g/mol. The van der Waals surface area contributed by atoms with Crippen molar-refractivity contribution in [1.29, 1.82) is 0 Å². The number of piperazine rings is 1. The molecule has 0 aliphatic carbocycles. The Balaban J connectivity index is 1.50. The van der Waals surface area contributed by atoms with Crippen molar-refractivity contribution < 1.29 is 9.18 Å². The van der Waals surface area contributed by atoms with Crippen LogP contribution in [0.2, 0.25) is 0 Å². The van der Waals surface area contributed by atoms with Gasteiger partial charge >= 0.3 is 0 Å². The number of carbonyl (C=O) groups is 1. The number of halogens is 1.